The third kappa shape index (κ3) is 4.16. The minimum Gasteiger partial charge on any atom is -0.448 e. The van der Waals surface area contributed by atoms with E-state index in [-0.39, 0.29) is 24.5 Å². The van der Waals surface area contributed by atoms with Crippen molar-refractivity contribution in [2.24, 2.45) is 17.4 Å². The van der Waals surface area contributed by atoms with Crippen LogP contribution < -0.4 is 16.8 Å². The number of carbonyl (C=O) groups is 2. The summed E-state index contributed by atoms with van der Waals surface area (Å²) in [5, 5.41) is 2.67. The van der Waals surface area contributed by atoms with Gasteiger partial charge in [0.05, 0.1) is 6.54 Å². The number of rotatable bonds is 4. The molecule has 1 aliphatic carbocycles. The van der Waals surface area contributed by atoms with Crippen LogP contribution in [0.5, 0.6) is 0 Å². The zero-order chi connectivity index (χ0) is 11.3. The van der Waals surface area contributed by atoms with Crippen molar-refractivity contribution < 1.29 is 14.3 Å². The van der Waals surface area contributed by atoms with Crippen LogP contribution in [0.25, 0.3) is 0 Å². The minimum absolute atomic E-state index is 0.00794. The van der Waals surface area contributed by atoms with Crippen LogP contribution in [0.2, 0.25) is 0 Å². The van der Waals surface area contributed by atoms with Crippen molar-refractivity contribution in [2.75, 3.05) is 13.2 Å². The minimum atomic E-state index is -0.827. The molecule has 6 heteroatoms. The maximum absolute atomic E-state index is 11.5. The Balaban J connectivity index is 2.11. The molecule has 0 heterocycles. The summed E-state index contributed by atoms with van der Waals surface area (Å²) in [5.74, 6) is -0.00963. The molecule has 0 saturated heterocycles. The quantitative estimate of drug-likeness (QED) is 0.540. The first kappa shape index (κ1) is 11.8. The summed E-state index contributed by atoms with van der Waals surface area (Å²) in [6.45, 7) is 0.410. The lowest BCUT2D eigenvalue weighted by Crippen LogP contribution is -2.33. The third-order valence-electron chi connectivity index (χ3n) is 2.49. The molecule has 0 aromatic heterocycles. The second-order valence-electron chi connectivity index (χ2n) is 3.73. The van der Waals surface area contributed by atoms with E-state index in [2.05, 4.69) is 10.1 Å². The smallest absolute Gasteiger partial charge is 0.404 e. The predicted molar refractivity (Wildman–Crippen MR) is 53.9 cm³/mol. The first-order valence-corrected chi connectivity index (χ1v) is 5.05. The van der Waals surface area contributed by atoms with Crippen LogP contribution in [-0.2, 0) is 9.53 Å². The van der Waals surface area contributed by atoms with Crippen molar-refractivity contribution in [2.45, 2.75) is 25.3 Å². The van der Waals surface area contributed by atoms with Crippen LogP contribution in [0.3, 0.4) is 0 Å². The van der Waals surface area contributed by atoms with Gasteiger partial charge in [-0.05, 0) is 19.3 Å². The lowest BCUT2D eigenvalue weighted by Gasteiger charge is -2.10. The average Bonchev–Trinajstić information content (AvgIpc) is 2.59. The summed E-state index contributed by atoms with van der Waals surface area (Å²) < 4.78 is 4.48. The summed E-state index contributed by atoms with van der Waals surface area (Å²) >= 11 is 0. The Morgan fingerprint density at radius 2 is 2.13 bits per heavy atom. The summed E-state index contributed by atoms with van der Waals surface area (Å²) in [5.41, 5.74) is 10.5. The molecule has 15 heavy (non-hydrogen) atoms. The third-order valence-corrected chi connectivity index (χ3v) is 2.49. The number of ether oxygens (including phenoxy) is 1. The van der Waals surface area contributed by atoms with Gasteiger partial charge in [-0.1, -0.05) is 0 Å². The number of amides is 2. The van der Waals surface area contributed by atoms with Gasteiger partial charge in [-0.3, -0.25) is 4.79 Å². The standard InChI is InChI=1S/C9H17N3O3/c10-7-2-1-6(5-7)8(13)12-3-4-15-9(11)14/h6-7H,1-5,10H2,(H2,11,14)(H,12,13). The fourth-order valence-corrected chi connectivity index (χ4v) is 1.72. The molecule has 0 bridgehead atoms. The molecule has 0 radical (unpaired) electrons. The van der Waals surface area contributed by atoms with Crippen LogP contribution in [-0.4, -0.2) is 31.2 Å². The zero-order valence-electron chi connectivity index (χ0n) is 8.57. The molecule has 0 aromatic carbocycles. The molecule has 0 spiro atoms. The van der Waals surface area contributed by atoms with Gasteiger partial charge in [-0.25, -0.2) is 4.79 Å². The number of nitrogens with two attached hydrogens (primary N) is 2. The molecular weight excluding hydrogens is 198 g/mol. The molecule has 0 aliphatic heterocycles. The topological polar surface area (TPSA) is 107 Å². The molecular formula is C9H17N3O3. The normalized spacial score (nSPS) is 24.9. The highest BCUT2D eigenvalue weighted by atomic mass is 16.5. The highest BCUT2D eigenvalue weighted by molar-refractivity contribution is 5.79. The maximum atomic E-state index is 11.5. The van der Waals surface area contributed by atoms with E-state index in [4.69, 9.17) is 11.5 Å². The lowest BCUT2D eigenvalue weighted by molar-refractivity contribution is -0.124. The van der Waals surface area contributed by atoms with Crippen molar-refractivity contribution in [1.82, 2.24) is 5.32 Å². The van der Waals surface area contributed by atoms with Gasteiger partial charge in [-0.2, -0.15) is 0 Å². The fourth-order valence-electron chi connectivity index (χ4n) is 1.72. The molecule has 2 atom stereocenters. The van der Waals surface area contributed by atoms with E-state index >= 15 is 0 Å². The zero-order valence-corrected chi connectivity index (χ0v) is 8.57. The van der Waals surface area contributed by atoms with Crippen molar-refractivity contribution in [3.8, 4) is 0 Å². The van der Waals surface area contributed by atoms with E-state index in [0.29, 0.717) is 6.54 Å². The molecule has 1 fully saturated rings. The Kier molecular flexibility index (Phi) is 4.36. The van der Waals surface area contributed by atoms with Crippen molar-refractivity contribution in [3.05, 3.63) is 0 Å². The summed E-state index contributed by atoms with van der Waals surface area (Å²) in [7, 11) is 0. The molecule has 1 aliphatic rings. The van der Waals surface area contributed by atoms with Gasteiger partial charge < -0.3 is 21.5 Å². The van der Waals surface area contributed by atoms with E-state index < -0.39 is 6.09 Å². The molecule has 0 aromatic rings. The Morgan fingerprint density at radius 1 is 1.40 bits per heavy atom. The number of carbonyl (C=O) groups excluding carboxylic acids is 2. The van der Waals surface area contributed by atoms with E-state index in [1.807, 2.05) is 0 Å². The monoisotopic (exact) mass is 215 g/mol. The second kappa shape index (κ2) is 5.55. The first-order valence-electron chi connectivity index (χ1n) is 5.05. The first-order chi connectivity index (χ1) is 7.09. The van der Waals surface area contributed by atoms with Gasteiger partial charge in [0, 0.05) is 12.0 Å². The van der Waals surface area contributed by atoms with E-state index in [1.54, 1.807) is 0 Å². The van der Waals surface area contributed by atoms with Gasteiger partial charge in [0.1, 0.15) is 6.61 Å². The van der Waals surface area contributed by atoms with Crippen LogP contribution in [0.1, 0.15) is 19.3 Å². The highest BCUT2D eigenvalue weighted by Crippen LogP contribution is 2.23. The number of nitrogens with one attached hydrogen (secondary N) is 1. The van der Waals surface area contributed by atoms with Gasteiger partial charge >= 0.3 is 6.09 Å². The van der Waals surface area contributed by atoms with Crippen LogP contribution in [0.4, 0.5) is 4.79 Å². The fraction of sp³-hybridized carbons (Fsp3) is 0.778. The second-order valence-corrected chi connectivity index (χ2v) is 3.73. The molecule has 5 N–H and O–H groups in total. The van der Waals surface area contributed by atoms with Crippen molar-refractivity contribution >= 4 is 12.0 Å². The molecule has 1 rings (SSSR count). The molecule has 2 unspecified atom stereocenters. The summed E-state index contributed by atoms with van der Waals surface area (Å²) in [6, 6.07) is 0.141. The molecule has 6 nitrogen and oxygen atoms in total. The van der Waals surface area contributed by atoms with E-state index in [1.165, 1.54) is 0 Å². The molecule has 86 valence electrons. The largest absolute Gasteiger partial charge is 0.448 e. The van der Waals surface area contributed by atoms with Gasteiger partial charge in [0.25, 0.3) is 0 Å². The van der Waals surface area contributed by atoms with E-state index in [9.17, 15) is 9.59 Å². The van der Waals surface area contributed by atoms with Crippen LogP contribution >= 0.6 is 0 Å². The van der Waals surface area contributed by atoms with Gasteiger partial charge in [0.2, 0.25) is 5.91 Å². The molecule has 2 amide bonds. The van der Waals surface area contributed by atoms with Gasteiger partial charge in [0.15, 0.2) is 0 Å². The number of primary amides is 1. The van der Waals surface area contributed by atoms with Crippen molar-refractivity contribution in [3.63, 3.8) is 0 Å². The number of hydrogen-bond donors (Lipinski definition) is 3. The highest BCUT2D eigenvalue weighted by Gasteiger charge is 2.27. The maximum Gasteiger partial charge on any atom is 0.404 e. The molecule has 1 saturated carbocycles. The Hall–Kier alpha value is -1.30. The Labute approximate surface area is 88.3 Å². The van der Waals surface area contributed by atoms with Crippen LogP contribution in [0.15, 0.2) is 0 Å². The number of hydrogen-bond acceptors (Lipinski definition) is 4. The Bertz CT molecular complexity index is 245. The average molecular weight is 215 g/mol. The van der Waals surface area contributed by atoms with Crippen molar-refractivity contribution in [1.29, 1.82) is 0 Å². The van der Waals surface area contributed by atoms with Crippen LogP contribution in [0, 0.1) is 5.92 Å². The van der Waals surface area contributed by atoms with Gasteiger partial charge in [-0.15, -0.1) is 0 Å². The summed E-state index contributed by atoms with van der Waals surface area (Å²) in [4.78, 5) is 21.7. The predicted octanol–water partition coefficient (Wildman–Crippen LogP) is -0.675. The lowest BCUT2D eigenvalue weighted by atomic mass is 10.1. The van der Waals surface area contributed by atoms with E-state index in [0.717, 1.165) is 19.3 Å². The summed E-state index contributed by atoms with van der Waals surface area (Å²) in [6.07, 6.45) is 1.65. The SMILES string of the molecule is NC(=O)OCCNC(=O)C1CCC(N)C1. The Morgan fingerprint density at radius 3 is 2.67 bits per heavy atom.